The first kappa shape index (κ1) is 15.1. The molecule has 0 aromatic heterocycles. The van der Waals surface area contributed by atoms with E-state index in [0.717, 1.165) is 0 Å². The van der Waals surface area contributed by atoms with Crippen molar-refractivity contribution in [2.24, 2.45) is 0 Å². The van der Waals surface area contributed by atoms with Gasteiger partial charge in [-0.05, 0) is 54.5 Å². The average molecular weight is 294 g/mol. The van der Waals surface area contributed by atoms with Gasteiger partial charge in [-0.25, -0.2) is 0 Å². The number of carbonyl (C=O) groups is 1. The molecule has 0 saturated carbocycles. The third-order valence-corrected chi connectivity index (χ3v) is 3.00. The number of anilines is 1. The van der Waals surface area contributed by atoms with Crippen LogP contribution in [0, 0.1) is 18.3 Å². The first-order chi connectivity index (χ1) is 10.5. The van der Waals surface area contributed by atoms with Gasteiger partial charge < -0.3 is 15.5 Å². The van der Waals surface area contributed by atoms with Crippen LogP contribution in [0.4, 0.5) is 5.69 Å². The van der Waals surface area contributed by atoms with Crippen LogP contribution >= 0.6 is 0 Å². The molecule has 5 nitrogen and oxygen atoms in total. The minimum Gasteiger partial charge on any atom is -0.508 e. The quantitative estimate of drug-likeness (QED) is 0.461. The summed E-state index contributed by atoms with van der Waals surface area (Å²) in [6.45, 7) is 1.74. The molecule has 0 heterocycles. The van der Waals surface area contributed by atoms with Crippen LogP contribution in [-0.2, 0) is 4.79 Å². The summed E-state index contributed by atoms with van der Waals surface area (Å²) in [7, 11) is 0. The summed E-state index contributed by atoms with van der Waals surface area (Å²) in [5.74, 6) is -0.397. The van der Waals surface area contributed by atoms with Crippen LogP contribution in [0.15, 0.2) is 48.0 Å². The fourth-order valence-electron chi connectivity index (χ4n) is 1.91. The Kier molecular flexibility index (Phi) is 4.44. The van der Waals surface area contributed by atoms with E-state index in [1.165, 1.54) is 30.3 Å². The molecule has 0 radical (unpaired) electrons. The van der Waals surface area contributed by atoms with Crippen LogP contribution in [0.2, 0.25) is 0 Å². The minimum atomic E-state index is -0.556. The summed E-state index contributed by atoms with van der Waals surface area (Å²) in [6, 6.07) is 12.6. The Bertz CT molecular complexity index is 789. The monoisotopic (exact) mass is 294 g/mol. The number of phenols is 2. The van der Waals surface area contributed by atoms with Crippen molar-refractivity contribution in [3.63, 3.8) is 0 Å². The molecule has 0 fully saturated rings. The Morgan fingerprint density at radius 3 is 2.55 bits per heavy atom. The molecular formula is C17H14N2O3. The van der Waals surface area contributed by atoms with Gasteiger partial charge in [-0.1, -0.05) is 12.1 Å². The van der Waals surface area contributed by atoms with Crippen molar-refractivity contribution in [2.45, 2.75) is 6.92 Å². The largest absolute Gasteiger partial charge is 0.508 e. The number of rotatable bonds is 3. The van der Waals surface area contributed by atoms with Crippen molar-refractivity contribution < 1.29 is 15.0 Å². The lowest BCUT2D eigenvalue weighted by molar-refractivity contribution is -0.112. The molecule has 0 aliphatic carbocycles. The van der Waals surface area contributed by atoms with Crippen LogP contribution in [-0.4, -0.2) is 16.1 Å². The summed E-state index contributed by atoms with van der Waals surface area (Å²) in [4.78, 5) is 12.1. The second-order valence-corrected chi connectivity index (χ2v) is 4.72. The number of nitrogens with zero attached hydrogens (tertiary/aromatic N) is 1. The van der Waals surface area contributed by atoms with Crippen LogP contribution in [0.25, 0.3) is 6.08 Å². The highest BCUT2D eigenvalue weighted by molar-refractivity contribution is 6.10. The maximum Gasteiger partial charge on any atom is 0.266 e. The molecule has 1 amide bonds. The molecule has 2 rings (SSSR count). The highest BCUT2D eigenvalue weighted by Crippen LogP contribution is 2.21. The first-order valence-corrected chi connectivity index (χ1v) is 6.51. The van der Waals surface area contributed by atoms with E-state index in [1.54, 1.807) is 25.1 Å². The number of hydrogen-bond donors (Lipinski definition) is 3. The molecule has 0 unspecified atom stereocenters. The molecule has 2 aromatic carbocycles. The fourth-order valence-corrected chi connectivity index (χ4v) is 1.91. The molecule has 0 bridgehead atoms. The van der Waals surface area contributed by atoms with Crippen molar-refractivity contribution in [1.29, 1.82) is 5.26 Å². The molecule has 0 atom stereocenters. The number of benzene rings is 2. The van der Waals surface area contributed by atoms with Crippen molar-refractivity contribution in [1.82, 2.24) is 0 Å². The number of aryl methyl sites for hydroxylation is 1. The van der Waals surface area contributed by atoms with Gasteiger partial charge in [-0.15, -0.1) is 0 Å². The summed E-state index contributed by atoms with van der Waals surface area (Å²) >= 11 is 0. The van der Waals surface area contributed by atoms with E-state index in [0.29, 0.717) is 16.8 Å². The van der Waals surface area contributed by atoms with Crippen molar-refractivity contribution >= 4 is 17.7 Å². The van der Waals surface area contributed by atoms with Gasteiger partial charge in [0.25, 0.3) is 5.91 Å². The Balaban J connectivity index is 2.24. The zero-order valence-corrected chi connectivity index (χ0v) is 11.9. The molecule has 3 N–H and O–H groups in total. The number of carbonyl (C=O) groups excluding carboxylic acids is 1. The molecule has 0 saturated heterocycles. The third kappa shape index (κ3) is 3.64. The van der Waals surface area contributed by atoms with Crippen LogP contribution in [0.5, 0.6) is 11.5 Å². The summed E-state index contributed by atoms with van der Waals surface area (Å²) < 4.78 is 0. The lowest BCUT2D eigenvalue weighted by atomic mass is 10.1. The highest BCUT2D eigenvalue weighted by Gasteiger charge is 2.11. The lowest BCUT2D eigenvalue weighted by Gasteiger charge is -2.08. The summed E-state index contributed by atoms with van der Waals surface area (Å²) in [5, 5.41) is 30.5. The number of aromatic hydroxyl groups is 2. The minimum absolute atomic E-state index is 0.0563. The maximum absolute atomic E-state index is 12.1. The fraction of sp³-hybridized carbons (Fsp3) is 0.0588. The van der Waals surface area contributed by atoms with Crippen LogP contribution < -0.4 is 5.32 Å². The standard InChI is InChI=1S/C17H14N2O3/c1-11-7-15(21)5-6-16(11)19-17(22)13(10-18)8-12-3-2-4-14(20)9-12/h2-9,20-21H,1H3,(H,19,22)/b13-8+. The number of amides is 1. The first-order valence-electron chi connectivity index (χ1n) is 6.51. The van der Waals surface area contributed by atoms with Crippen LogP contribution in [0.3, 0.4) is 0 Å². The number of phenolic OH excluding ortho intramolecular Hbond substituents is 2. The predicted octanol–water partition coefficient (Wildman–Crippen LogP) is 2.95. The van der Waals surface area contributed by atoms with E-state index < -0.39 is 5.91 Å². The third-order valence-electron chi connectivity index (χ3n) is 3.00. The van der Waals surface area contributed by atoms with Crippen molar-refractivity contribution in [2.75, 3.05) is 5.32 Å². The van der Waals surface area contributed by atoms with Gasteiger partial charge in [-0.3, -0.25) is 4.79 Å². The van der Waals surface area contributed by atoms with Crippen molar-refractivity contribution in [3.05, 3.63) is 59.2 Å². The van der Waals surface area contributed by atoms with E-state index in [4.69, 9.17) is 5.26 Å². The zero-order valence-electron chi connectivity index (χ0n) is 11.9. The van der Waals surface area contributed by atoms with Gasteiger partial charge in [0.05, 0.1) is 0 Å². The smallest absolute Gasteiger partial charge is 0.266 e. The molecular weight excluding hydrogens is 280 g/mol. The van der Waals surface area contributed by atoms with E-state index in [1.807, 2.05) is 6.07 Å². The molecule has 0 aliphatic heterocycles. The van der Waals surface area contributed by atoms with E-state index in [2.05, 4.69) is 5.32 Å². The Morgan fingerprint density at radius 1 is 1.18 bits per heavy atom. The number of nitrogens with one attached hydrogen (secondary N) is 1. The van der Waals surface area contributed by atoms with E-state index in [-0.39, 0.29) is 17.1 Å². The topological polar surface area (TPSA) is 93.4 Å². The molecule has 2 aromatic rings. The van der Waals surface area contributed by atoms with Gasteiger partial charge in [0.1, 0.15) is 23.1 Å². The highest BCUT2D eigenvalue weighted by atomic mass is 16.3. The van der Waals surface area contributed by atoms with E-state index >= 15 is 0 Å². The summed E-state index contributed by atoms with van der Waals surface area (Å²) in [6.07, 6.45) is 1.39. The van der Waals surface area contributed by atoms with Crippen LogP contribution in [0.1, 0.15) is 11.1 Å². The lowest BCUT2D eigenvalue weighted by Crippen LogP contribution is -2.14. The van der Waals surface area contributed by atoms with Gasteiger partial charge in [0, 0.05) is 5.69 Å². The average Bonchev–Trinajstić information content (AvgIpc) is 2.47. The SMILES string of the molecule is Cc1cc(O)ccc1NC(=O)/C(C#N)=C/c1cccc(O)c1. The molecule has 0 aliphatic rings. The second kappa shape index (κ2) is 6.46. The van der Waals surface area contributed by atoms with Gasteiger partial charge >= 0.3 is 0 Å². The Morgan fingerprint density at radius 2 is 1.91 bits per heavy atom. The Hall–Kier alpha value is -3.26. The van der Waals surface area contributed by atoms with Gasteiger partial charge in [-0.2, -0.15) is 5.26 Å². The second-order valence-electron chi connectivity index (χ2n) is 4.72. The maximum atomic E-state index is 12.1. The number of hydrogen-bond acceptors (Lipinski definition) is 4. The Labute approximate surface area is 127 Å². The molecule has 110 valence electrons. The van der Waals surface area contributed by atoms with Gasteiger partial charge in [0.15, 0.2) is 0 Å². The normalized spacial score (nSPS) is 10.8. The molecule has 0 spiro atoms. The summed E-state index contributed by atoms with van der Waals surface area (Å²) in [5.41, 5.74) is 1.66. The zero-order chi connectivity index (χ0) is 16.1. The molecule has 22 heavy (non-hydrogen) atoms. The number of nitriles is 1. The van der Waals surface area contributed by atoms with E-state index in [9.17, 15) is 15.0 Å². The predicted molar refractivity (Wildman–Crippen MR) is 83.2 cm³/mol. The molecule has 5 heteroatoms. The van der Waals surface area contributed by atoms with Crippen molar-refractivity contribution in [3.8, 4) is 17.6 Å². The van der Waals surface area contributed by atoms with Gasteiger partial charge in [0.2, 0.25) is 0 Å².